The minimum atomic E-state index is 0.551. The molecule has 0 amide bonds. The molecule has 0 radical (unpaired) electrons. The van der Waals surface area contributed by atoms with Crippen molar-refractivity contribution in [2.75, 3.05) is 6.54 Å². The summed E-state index contributed by atoms with van der Waals surface area (Å²) < 4.78 is 0. The van der Waals surface area contributed by atoms with Crippen molar-refractivity contribution in [2.24, 2.45) is 5.92 Å². The quantitative estimate of drug-likeness (QED) is 0.751. The SMILES string of the molecule is CCNC(CCCC(C)C)c1ccc2c(c1)CCC2. The maximum atomic E-state index is 3.66. The van der Waals surface area contributed by atoms with Crippen molar-refractivity contribution in [3.8, 4) is 0 Å². The number of aryl methyl sites for hydroxylation is 2. The molecule has 1 N–H and O–H groups in total. The first-order valence-electron chi connectivity index (χ1n) is 8.05. The summed E-state index contributed by atoms with van der Waals surface area (Å²) in [4.78, 5) is 0. The molecule has 1 unspecified atom stereocenters. The van der Waals surface area contributed by atoms with Crippen LogP contribution in [0.3, 0.4) is 0 Å². The van der Waals surface area contributed by atoms with Crippen molar-refractivity contribution in [2.45, 2.75) is 65.3 Å². The first kappa shape index (κ1) is 14.6. The van der Waals surface area contributed by atoms with Gasteiger partial charge >= 0.3 is 0 Å². The molecule has 1 aromatic carbocycles. The topological polar surface area (TPSA) is 12.0 Å². The number of benzene rings is 1. The first-order chi connectivity index (χ1) is 9.20. The van der Waals surface area contributed by atoms with Gasteiger partial charge in [0.05, 0.1) is 0 Å². The van der Waals surface area contributed by atoms with Crippen LogP contribution in [0.25, 0.3) is 0 Å². The zero-order valence-corrected chi connectivity index (χ0v) is 12.8. The molecule has 19 heavy (non-hydrogen) atoms. The second kappa shape index (κ2) is 7.09. The molecule has 1 aromatic rings. The zero-order valence-electron chi connectivity index (χ0n) is 12.8. The number of fused-ring (bicyclic) bond motifs is 1. The molecule has 0 aromatic heterocycles. The molecule has 0 saturated heterocycles. The Kier molecular flexibility index (Phi) is 5.45. The molecule has 1 aliphatic rings. The van der Waals surface area contributed by atoms with Gasteiger partial charge in [0.2, 0.25) is 0 Å². The summed E-state index contributed by atoms with van der Waals surface area (Å²) in [6.45, 7) is 7.90. The van der Waals surface area contributed by atoms with Crippen LogP contribution >= 0.6 is 0 Å². The van der Waals surface area contributed by atoms with E-state index >= 15 is 0 Å². The summed E-state index contributed by atoms with van der Waals surface area (Å²) in [6.07, 6.45) is 7.85. The highest BCUT2D eigenvalue weighted by atomic mass is 14.9. The van der Waals surface area contributed by atoms with E-state index in [4.69, 9.17) is 0 Å². The summed E-state index contributed by atoms with van der Waals surface area (Å²) in [7, 11) is 0. The van der Waals surface area contributed by atoms with Gasteiger partial charge in [0, 0.05) is 6.04 Å². The largest absolute Gasteiger partial charge is 0.310 e. The number of nitrogens with one attached hydrogen (secondary N) is 1. The van der Waals surface area contributed by atoms with E-state index < -0.39 is 0 Å². The predicted molar refractivity (Wildman–Crippen MR) is 83.6 cm³/mol. The lowest BCUT2D eigenvalue weighted by molar-refractivity contribution is 0.455. The minimum absolute atomic E-state index is 0.551. The second-order valence-corrected chi connectivity index (χ2v) is 6.32. The lowest BCUT2D eigenvalue weighted by Crippen LogP contribution is -2.21. The third kappa shape index (κ3) is 4.07. The summed E-state index contributed by atoms with van der Waals surface area (Å²) in [6, 6.07) is 7.73. The predicted octanol–water partition coefficient (Wildman–Crippen LogP) is 4.65. The third-order valence-corrected chi connectivity index (χ3v) is 4.25. The molecule has 1 nitrogen and oxygen atoms in total. The molecule has 1 atom stereocenters. The van der Waals surface area contributed by atoms with Crippen molar-refractivity contribution in [1.29, 1.82) is 0 Å². The van der Waals surface area contributed by atoms with Gasteiger partial charge in [-0.1, -0.05) is 51.8 Å². The van der Waals surface area contributed by atoms with E-state index in [9.17, 15) is 0 Å². The summed E-state index contributed by atoms with van der Waals surface area (Å²) in [5.41, 5.74) is 4.69. The van der Waals surface area contributed by atoms with Gasteiger partial charge in [0.15, 0.2) is 0 Å². The van der Waals surface area contributed by atoms with Crippen molar-refractivity contribution in [3.63, 3.8) is 0 Å². The van der Waals surface area contributed by atoms with Crippen molar-refractivity contribution in [1.82, 2.24) is 5.32 Å². The Morgan fingerprint density at radius 3 is 2.63 bits per heavy atom. The van der Waals surface area contributed by atoms with Crippen LogP contribution in [0, 0.1) is 5.92 Å². The van der Waals surface area contributed by atoms with Gasteiger partial charge < -0.3 is 5.32 Å². The molecule has 106 valence electrons. The van der Waals surface area contributed by atoms with Gasteiger partial charge in [-0.05, 0) is 54.8 Å². The highest BCUT2D eigenvalue weighted by molar-refractivity contribution is 5.36. The highest BCUT2D eigenvalue weighted by Gasteiger charge is 2.15. The van der Waals surface area contributed by atoms with Crippen LogP contribution in [-0.4, -0.2) is 6.54 Å². The van der Waals surface area contributed by atoms with Crippen LogP contribution in [0.1, 0.15) is 69.2 Å². The Hall–Kier alpha value is -0.820. The van der Waals surface area contributed by atoms with Crippen molar-refractivity contribution in [3.05, 3.63) is 34.9 Å². The standard InChI is InChI=1S/C18H29N/c1-4-19-18(10-5-7-14(2)3)17-12-11-15-8-6-9-16(15)13-17/h11-14,18-19H,4-10H2,1-3H3. The van der Waals surface area contributed by atoms with Gasteiger partial charge in [0.25, 0.3) is 0 Å². The van der Waals surface area contributed by atoms with Gasteiger partial charge in [-0.25, -0.2) is 0 Å². The van der Waals surface area contributed by atoms with E-state index in [1.807, 2.05) is 0 Å². The van der Waals surface area contributed by atoms with E-state index in [0.717, 1.165) is 12.5 Å². The summed E-state index contributed by atoms with van der Waals surface area (Å²) in [5, 5.41) is 3.66. The molecule has 0 aliphatic heterocycles. The Bertz CT molecular complexity index is 395. The molecule has 0 saturated carbocycles. The van der Waals surface area contributed by atoms with Crippen molar-refractivity contribution >= 4 is 0 Å². The van der Waals surface area contributed by atoms with Crippen LogP contribution in [0.4, 0.5) is 0 Å². The number of rotatable bonds is 7. The molecule has 0 fully saturated rings. The van der Waals surface area contributed by atoms with E-state index in [0.29, 0.717) is 6.04 Å². The minimum Gasteiger partial charge on any atom is -0.310 e. The Morgan fingerprint density at radius 1 is 1.11 bits per heavy atom. The van der Waals surface area contributed by atoms with E-state index in [-0.39, 0.29) is 0 Å². The van der Waals surface area contributed by atoms with E-state index in [1.165, 1.54) is 44.1 Å². The Labute approximate surface area is 118 Å². The van der Waals surface area contributed by atoms with Crippen LogP contribution in [0.15, 0.2) is 18.2 Å². The van der Waals surface area contributed by atoms with E-state index in [1.54, 1.807) is 11.1 Å². The van der Waals surface area contributed by atoms with Gasteiger partial charge in [0.1, 0.15) is 0 Å². The molecule has 1 aliphatic carbocycles. The van der Waals surface area contributed by atoms with Crippen LogP contribution in [0.5, 0.6) is 0 Å². The van der Waals surface area contributed by atoms with Gasteiger partial charge in [-0.15, -0.1) is 0 Å². The van der Waals surface area contributed by atoms with Crippen LogP contribution < -0.4 is 5.32 Å². The lowest BCUT2D eigenvalue weighted by Gasteiger charge is -2.20. The van der Waals surface area contributed by atoms with Crippen LogP contribution in [-0.2, 0) is 12.8 Å². The Balaban J connectivity index is 2.01. The fourth-order valence-electron chi connectivity index (χ4n) is 3.17. The summed E-state index contributed by atoms with van der Waals surface area (Å²) in [5.74, 6) is 0.822. The molecule has 2 rings (SSSR count). The summed E-state index contributed by atoms with van der Waals surface area (Å²) >= 11 is 0. The van der Waals surface area contributed by atoms with E-state index in [2.05, 4.69) is 44.3 Å². The van der Waals surface area contributed by atoms with Gasteiger partial charge in [-0.2, -0.15) is 0 Å². The molecule has 0 spiro atoms. The number of hydrogen-bond donors (Lipinski definition) is 1. The second-order valence-electron chi connectivity index (χ2n) is 6.32. The molecule has 0 bridgehead atoms. The third-order valence-electron chi connectivity index (χ3n) is 4.25. The molecular formula is C18H29N. The average Bonchev–Trinajstić information content (AvgIpc) is 2.84. The first-order valence-corrected chi connectivity index (χ1v) is 8.05. The molecule has 0 heterocycles. The van der Waals surface area contributed by atoms with Crippen LogP contribution in [0.2, 0.25) is 0 Å². The molecular weight excluding hydrogens is 230 g/mol. The highest BCUT2D eigenvalue weighted by Crippen LogP contribution is 2.27. The normalized spacial score (nSPS) is 15.8. The van der Waals surface area contributed by atoms with Crippen molar-refractivity contribution < 1.29 is 0 Å². The smallest absolute Gasteiger partial charge is 0.0320 e. The number of hydrogen-bond acceptors (Lipinski definition) is 1. The van der Waals surface area contributed by atoms with Gasteiger partial charge in [-0.3, -0.25) is 0 Å². The zero-order chi connectivity index (χ0) is 13.7. The maximum Gasteiger partial charge on any atom is 0.0320 e. The fourth-order valence-corrected chi connectivity index (χ4v) is 3.17. The Morgan fingerprint density at radius 2 is 1.89 bits per heavy atom. The maximum absolute atomic E-state index is 3.66. The average molecular weight is 259 g/mol. The monoisotopic (exact) mass is 259 g/mol. The molecule has 1 heteroatoms. The lowest BCUT2D eigenvalue weighted by atomic mass is 9.95. The fraction of sp³-hybridized carbons (Fsp3) is 0.667.